The van der Waals surface area contributed by atoms with E-state index in [1.165, 1.54) is 27.7 Å². The van der Waals surface area contributed by atoms with Crippen LogP contribution in [0.3, 0.4) is 0 Å². The molecule has 0 aliphatic heterocycles. The average molecular weight is 225 g/mol. The number of aromatic nitrogens is 2. The number of fused-ring (bicyclic) bond motifs is 2. The fourth-order valence-electron chi connectivity index (χ4n) is 2.53. The molecule has 2 nitrogen and oxygen atoms in total. The molecule has 3 aromatic rings. The molecule has 0 atom stereocenters. The number of benzene rings is 1. The lowest BCUT2D eigenvalue weighted by Gasteiger charge is -2.00. The van der Waals surface area contributed by atoms with Crippen LogP contribution < -0.4 is 4.40 Å². The van der Waals surface area contributed by atoms with Crippen LogP contribution >= 0.6 is 0 Å². The van der Waals surface area contributed by atoms with Crippen LogP contribution in [-0.2, 0) is 13.5 Å². The molecule has 17 heavy (non-hydrogen) atoms. The third-order valence-corrected chi connectivity index (χ3v) is 3.60. The smallest absolute Gasteiger partial charge is 0.230 e. The van der Waals surface area contributed by atoms with Crippen molar-refractivity contribution in [1.82, 2.24) is 4.57 Å². The van der Waals surface area contributed by atoms with Gasteiger partial charge in [0.2, 0.25) is 0 Å². The average Bonchev–Trinajstić information content (AvgIpc) is 2.64. The van der Waals surface area contributed by atoms with E-state index >= 15 is 0 Å². The van der Waals surface area contributed by atoms with Gasteiger partial charge in [0.05, 0.1) is 7.05 Å². The maximum Gasteiger partial charge on any atom is 0.286 e. The van der Waals surface area contributed by atoms with E-state index in [9.17, 15) is 0 Å². The zero-order valence-corrected chi connectivity index (χ0v) is 10.6. The second-order valence-corrected chi connectivity index (χ2v) is 4.65. The summed E-state index contributed by atoms with van der Waals surface area (Å²) in [6, 6.07) is 8.74. The van der Waals surface area contributed by atoms with E-state index < -0.39 is 0 Å². The van der Waals surface area contributed by atoms with Gasteiger partial charge in [-0.3, -0.25) is 0 Å². The maximum absolute atomic E-state index is 2.28. The fraction of sp³-hybridized carbons (Fsp3) is 0.267. The summed E-state index contributed by atoms with van der Waals surface area (Å²) in [6.07, 6.45) is 5.50. The van der Waals surface area contributed by atoms with E-state index in [1.807, 2.05) is 0 Å². The van der Waals surface area contributed by atoms with Gasteiger partial charge in [0, 0.05) is 17.9 Å². The normalized spacial score (nSPS) is 11.5. The lowest BCUT2D eigenvalue weighted by atomic mass is 10.1. The van der Waals surface area contributed by atoms with Crippen molar-refractivity contribution in [2.45, 2.75) is 20.3 Å². The van der Waals surface area contributed by atoms with Gasteiger partial charge in [-0.05, 0) is 17.9 Å². The van der Waals surface area contributed by atoms with E-state index in [0.29, 0.717) is 0 Å². The fourth-order valence-corrected chi connectivity index (χ4v) is 2.53. The molecule has 0 aliphatic carbocycles. The highest BCUT2D eigenvalue weighted by Gasteiger charge is 2.13. The van der Waals surface area contributed by atoms with Gasteiger partial charge in [-0.1, -0.05) is 25.1 Å². The molecule has 1 aromatic carbocycles. The number of aryl methyl sites for hydroxylation is 3. The molecular formula is C15H17N2+. The molecule has 0 amide bonds. The largest absolute Gasteiger partial charge is 0.286 e. The minimum atomic E-state index is 1.06. The molecular weight excluding hydrogens is 208 g/mol. The summed E-state index contributed by atoms with van der Waals surface area (Å²) < 4.78 is 4.49. The van der Waals surface area contributed by atoms with Crippen LogP contribution in [0.5, 0.6) is 0 Å². The monoisotopic (exact) mass is 225 g/mol. The highest BCUT2D eigenvalue weighted by Crippen LogP contribution is 2.18. The number of pyridine rings is 1. The summed E-state index contributed by atoms with van der Waals surface area (Å²) in [7, 11) is 2.14. The maximum atomic E-state index is 2.28. The summed E-state index contributed by atoms with van der Waals surface area (Å²) in [4.78, 5) is 0. The van der Waals surface area contributed by atoms with Crippen LogP contribution in [0.2, 0.25) is 0 Å². The molecule has 0 N–H and O–H groups in total. The lowest BCUT2D eigenvalue weighted by Crippen LogP contribution is -2.18. The van der Waals surface area contributed by atoms with Crippen LogP contribution in [0.1, 0.15) is 18.2 Å². The first-order valence-corrected chi connectivity index (χ1v) is 6.09. The second kappa shape index (κ2) is 3.59. The quantitative estimate of drug-likeness (QED) is 0.563. The van der Waals surface area contributed by atoms with Crippen LogP contribution in [0.25, 0.3) is 16.4 Å². The van der Waals surface area contributed by atoms with Gasteiger partial charge < -0.3 is 0 Å². The number of hydrogen-bond acceptors (Lipinski definition) is 0. The van der Waals surface area contributed by atoms with Gasteiger partial charge in [0.1, 0.15) is 18.1 Å². The molecule has 0 saturated carbocycles. The summed E-state index contributed by atoms with van der Waals surface area (Å²) in [6.45, 7) is 4.36. The van der Waals surface area contributed by atoms with E-state index in [4.69, 9.17) is 0 Å². The molecule has 0 unspecified atom stereocenters. The molecule has 0 aliphatic rings. The Morgan fingerprint density at radius 1 is 1.24 bits per heavy atom. The highest BCUT2D eigenvalue weighted by atomic mass is 15.1. The van der Waals surface area contributed by atoms with Gasteiger partial charge in [-0.25, -0.2) is 8.97 Å². The molecule has 2 heterocycles. The number of hydrogen-bond donors (Lipinski definition) is 0. The summed E-state index contributed by atoms with van der Waals surface area (Å²) in [5, 5.41) is 2.65. The Kier molecular flexibility index (Phi) is 2.18. The minimum Gasteiger partial charge on any atom is -0.230 e. The van der Waals surface area contributed by atoms with Gasteiger partial charge in [0.15, 0.2) is 0 Å². The van der Waals surface area contributed by atoms with Crippen molar-refractivity contribution in [3.05, 3.63) is 47.9 Å². The van der Waals surface area contributed by atoms with Crippen molar-refractivity contribution in [2.24, 2.45) is 7.05 Å². The molecule has 0 saturated heterocycles. The topological polar surface area (TPSA) is 9.03 Å². The van der Waals surface area contributed by atoms with Crippen molar-refractivity contribution in [2.75, 3.05) is 0 Å². The second-order valence-electron chi connectivity index (χ2n) is 4.65. The Labute approximate surface area is 101 Å². The summed E-state index contributed by atoms with van der Waals surface area (Å²) in [5.41, 5.74) is 3.95. The van der Waals surface area contributed by atoms with E-state index in [1.54, 1.807) is 0 Å². The molecule has 0 fully saturated rings. The molecule has 0 radical (unpaired) electrons. The molecule has 0 bridgehead atoms. The van der Waals surface area contributed by atoms with Crippen molar-refractivity contribution >= 4 is 16.4 Å². The molecule has 86 valence electrons. The molecule has 3 rings (SSSR count). The Morgan fingerprint density at radius 2 is 2.06 bits per heavy atom. The van der Waals surface area contributed by atoms with Gasteiger partial charge in [0.25, 0.3) is 5.65 Å². The van der Waals surface area contributed by atoms with E-state index in [-0.39, 0.29) is 0 Å². The summed E-state index contributed by atoms with van der Waals surface area (Å²) >= 11 is 0. The summed E-state index contributed by atoms with van der Waals surface area (Å²) in [5.74, 6) is 0. The molecule has 2 aromatic heterocycles. The SMILES string of the molecule is CCc1c[n+]2cc3cccc(C)c3cc2n1C. The third-order valence-electron chi connectivity index (χ3n) is 3.60. The van der Waals surface area contributed by atoms with E-state index in [0.717, 1.165) is 6.42 Å². The Hall–Kier alpha value is -1.83. The van der Waals surface area contributed by atoms with Gasteiger partial charge >= 0.3 is 0 Å². The molecule has 2 heteroatoms. The first-order valence-electron chi connectivity index (χ1n) is 6.09. The molecule has 0 spiro atoms. The third kappa shape index (κ3) is 1.44. The zero-order chi connectivity index (χ0) is 12.0. The predicted octanol–water partition coefficient (Wildman–Crippen LogP) is 2.79. The number of imidazole rings is 1. The first-order chi connectivity index (χ1) is 8.20. The number of rotatable bonds is 1. The van der Waals surface area contributed by atoms with Crippen molar-refractivity contribution in [3.8, 4) is 0 Å². The van der Waals surface area contributed by atoms with Crippen LogP contribution in [0.15, 0.2) is 36.7 Å². The van der Waals surface area contributed by atoms with Crippen LogP contribution in [0, 0.1) is 6.92 Å². The highest BCUT2D eigenvalue weighted by molar-refractivity contribution is 5.86. The standard InChI is InChI=1S/C15H17N2/c1-4-13-10-17-9-12-7-5-6-11(2)14(12)8-15(17)16(13)3/h5-10H,4H2,1-3H3/q+1. The Balaban J connectivity index is 2.46. The van der Waals surface area contributed by atoms with Crippen molar-refractivity contribution < 1.29 is 4.40 Å². The van der Waals surface area contributed by atoms with Crippen LogP contribution in [-0.4, -0.2) is 4.57 Å². The van der Waals surface area contributed by atoms with Gasteiger partial charge in [-0.2, -0.15) is 0 Å². The van der Waals surface area contributed by atoms with Crippen LogP contribution in [0.4, 0.5) is 0 Å². The first kappa shape index (κ1) is 10.3. The predicted molar refractivity (Wildman–Crippen MR) is 70.2 cm³/mol. The Bertz CT molecular complexity index is 708. The van der Waals surface area contributed by atoms with Crippen molar-refractivity contribution in [1.29, 1.82) is 0 Å². The van der Waals surface area contributed by atoms with Crippen molar-refractivity contribution in [3.63, 3.8) is 0 Å². The van der Waals surface area contributed by atoms with E-state index in [2.05, 4.69) is 66.5 Å². The Morgan fingerprint density at radius 3 is 2.82 bits per heavy atom. The zero-order valence-electron chi connectivity index (χ0n) is 10.6. The minimum absolute atomic E-state index is 1.06. The number of nitrogens with zero attached hydrogens (tertiary/aromatic N) is 2. The lowest BCUT2D eigenvalue weighted by molar-refractivity contribution is -0.509. The van der Waals surface area contributed by atoms with Gasteiger partial charge in [-0.15, -0.1) is 0 Å².